The molecule has 0 aliphatic carbocycles. The lowest BCUT2D eigenvalue weighted by molar-refractivity contribution is -0.158. The standard InChI is InChI=1S/C21H21F2NO3/c1-3-27-21(26)19-18(25)12-17(13-4-8-15(22)9-5-13)24(2)20(19)14-6-10-16(23)11-7-14/h4-11,17,19-20H,3,12H2,1-2H3. The molecule has 0 radical (unpaired) electrons. The monoisotopic (exact) mass is 373 g/mol. The lowest BCUT2D eigenvalue weighted by atomic mass is 9.79. The van der Waals surface area contributed by atoms with Crippen LogP contribution in [0.25, 0.3) is 0 Å². The molecule has 1 aliphatic heterocycles. The van der Waals surface area contributed by atoms with Gasteiger partial charge < -0.3 is 4.74 Å². The Labute approximate surface area is 156 Å². The summed E-state index contributed by atoms with van der Waals surface area (Å²) in [5, 5.41) is 0. The normalized spacial score (nSPS) is 23.3. The average molecular weight is 373 g/mol. The summed E-state index contributed by atoms with van der Waals surface area (Å²) in [6, 6.07) is 10.8. The number of esters is 1. The van der Waals surface area contributed by atoms with Crippen LogP contribution >= 0.6 is 0 Å². The Balaban J connectivity index is 2.02. The van der Waals surface area contributed by atoms with Crippen molar-refractivity contribution < 1.29 is 23.1 Å². The Bertz CT molecular complexity index is 820. The minimum atomic E-state index is -0.989. The van der Waals surface area contributed by atoms with Gasteiger partial charge in [0.05, 0.1) is 12.6 Å². The molecule has 3 rings (SSSR count). The molecule has 142 valence electrons. The molecule has 1 saturated heterocycles. The molecule has 0 aromatic heterocycles. The summed E-state index contributed by atoms with van der Waals surface area (Å²) in [6.45, 7) is 1.85. The summed E-state index contributed by atoms with van der Waals surface area (Å²) in [5.74, 6) is -2.57. The number of Topliss-reactive ketones (excluding diaryl/α,β-unsaturated/α-hetero) is 1. The molecule has 2 aromatic rings. The van der Waals surface area contributed by atoms with E-state index >= 15 is 0 Å². The van der Waals surface area contributed by atoms with Crippen LogP contribution < -0.4 is 0 Å². The molecule has 1 heterocycles. The highest BCUT2D eigenvalue weighted by Gasteiger charge is 2.46. The first-order chi connectivity index (χ1) is 12.9. The van der Waals surface area contributed by atoms with Crippen molar-refractivity contribution >= 4 is 11.8 Å². The van der Waals surface area contributed by atoms with Crippen LogP contribution in [0.4, 0.5) is 8.78 Å². The summed E-state index contributed by atoms with van der Waals surface area (Å²) in [5.41, 5.74) is 1.43. The second-order valence-electron chi connectivity index (χ2n) is 6.63. The SMILES string of the molecule is CCOC(=O)C1C(=O)CC(c2ccc(F)cc2)N(C)C1c1ccc(F)cc1. The van der Waals surface area contributed by atoms with Crippen LogP contribution in [-0.2, 0) is 14.3 Å². The number of likely N-dealkylation sites (tertiary alicyclic amines) is 1. The van der Waals surface area contributed by atoms with Gasteiger partial charge in [-0.25, -0.2) is 8.78 Å². The van der Waals surface area contributed by atoms with Crippen molar-refractivity contribution in [3.63, 3.8) is 0 Å². The zero-order chi connectivity index (χ0) is 19.6. The third-order valence-electron chi connectivity index (χ3n) is 4.99. The van der Waals surface area contributed by atoms with Gasteiger partial charge in [0, 0.05) is 12.5 Å². The average Bonchev–Trinajstić information content (AvgIpc) is 2.65. The van der Waals surface area contributed by atoms with Crippen LogP contribution in [0.3, 0.4) is 0 Å². The van der Waals surface area contributed by atoms with Crippen LogP contribution in [-0.4, -0.2) is 30.3 Å². The maximum atomic E-state index is 13.4. The van der Waals surface area contributed by atoms with Crippen molar-refractivity contribution in [2.75, 3.05) is 13.7 Å². The molecular formula is C21H21F2NO3. The summed E-state index contributed by atoms with van der Waals surface area (Å²) < 4.78 is 31.8. The van der Waals surface area contributed by atoms with E-state index in [2.05, 4.69) is 0 Å². The molecule has 4 nitrogen and oxygen atoms in total. The number of piperidine rings is 1. The Morgan fingerprint density at radius 2 is 1.56 bits per heavy atom. The first-order valence-corrected chi connectivity index (χ1v) is 8.84. The van der Waals surface area contributed by atoms with Gasteiger partial charge in [0.25, 0.3) is 0 Å². The maximum Gasteiger partial charge on any atom is 0.318 e. The molecule has 3 unspecified atom stereocenters. The number of benzene rings is 2. The molecular weight excluding hydrogens is 352 g/mol. The van der Waals surface area contributed by atoms with Crippen LogP contribution in [0.1, 0.15) is 36.6 Å². The third-order valence-corrected chi connectivity index (χ3v) is 4.99. The quantitative estimate of drug-likeness (QED) is 0.604. The molecule has 0 bridgehead atoms. The predicted octanol–water partition coefficient (Wildman–Crippen LogP) is 3.83. The fourth-order valence-electron chi connectivity index (χ4n) is 3.68. The molecule has 0 saturated carbocycles. The Hall–Kier alpha value is -2.60. The molecule has 1 aliphatic rings. The van der Waals surface area contributed by atoms with Crippen molar-refractivity contribution in [1.29, 1.82) is 0 Å². The number of rotatable bonds is 4. The molecule has 2 aromatic carbocycles. The minimum Gasteiger partial charge on any atom is -0.465 e. The van der Waals surface area contributed by atoms with Crippen molar-refractivity contribution in [3.05, 3.63) is 71.3 Å². The number of carbonyl (C=O) groups is 2. The van der Waals surface area contributed by atoms with E-state index in [1.807, 2.05) is 4.90 Å². The zero-order valence-electron chi connectivity index (χ0n) is 15.2. The van der Waals surface area contributed by atoms with Gasteiger partial charge in [0.2, 0.25) is 0 Å². The van der Waals surface area contributed by atoms with Crippen LogP contribution in [0.15, 0.2) is 48.5 Å². The van der Waals surface area contributed by atoms with Crippen molar-refractivity contribution in [2.45, 2.75) is 25.4 Å². The van der Waals surface area contributed by atoms with E-state index in [0.29, 0.717) is 5.56 Å². The van der Waals surface area contributed by atoms with Crippen molar-refractivity contribution in [1.82, 2.24) is 4.90 Å². The van der Waals surface area contributed by atoms with Gasteiger partial charge >= 0.3 is 5.97 Å². The Kier molecular flexibility index (Phi) is 5.65. The van der Waals surface area contributed by atoms with E-state index in [1.165, 1.54) is 24.3 Å². The molecule has 27 heavy (non-hydrogen) atoms. The molecule has 1 fully saturated rings. The van der Waals surface area contributed by atoms with Gasteiger partial charge in [0.1, 0.15) is 17.6 Å². The van der Waals surface area contributed by atoms with Gasteiger partial charge in [0.15, 0.2) is 5.78 Å². The van der Waals surface area contributed by atoms with Crippen LogP contribution in [0.5, 0.6) is 0 Å². The van der Waals surface area contributed by atoms with E-state index in [1.54, 1.807) is 38.2 Å². The van der Waals surface area contributed by atoms with Gasteiger partial charge in [-0.2, -0.15) is 0 Å². The van der Waals surface area contributed by atoms with Gasteiger partial charge in [-0.15, -0.1) is 0 Å². The van der Waals surface area contributed by atoms with E-state index < -0.39 is 23.7 Å². The molecule has 0 amide bonds. The number of ketones is 1. The van der Waals surface area contributed by atoms with Gasteiger partial charge in [-0.05, 0) is 49.4 Å². The van der Waals surface area contributed by atoms with Crippen LogP contribution in [0.2, 0.25) is 0 Å². The lowest BCUT2D eigenvalue weighted by Gasteiger charge is -2.43. The summed E-state index contributed by atoms with van der Waals surface area (Å²) in [6.07, 6.45) is 0.114. The van der Waals surface area contributed by atoms with E-state index in [0.717, 1.165) is 5.56 Å². The first-order valence-electron chi connectivity index (χ1n) is 8.84. The highest BCUT2D eigenvalue weighted by molar-refractivity contribution is 6.01. The Morgan fingerprint density at radius 3 is 2.07 bits per heavy atom. The van der Waals surface area contributed by atoms with E-state index in [-0.39, 0.29) is 30.7 Å². The third kappa shape index (κ3) is 3.90. The van der Waals surface area contributed by atoms with Gasteiger partial charge in [-0.3, -0.25) is 14.5 Å². The number of hydrogen-bond acceptors (Lipinski definition) is 4. The number of hydrogen-bond donors (Lipinski definition) is 0. The van der Waals surface area contributed by atoms with Crippen LogP contribution in [0, 0.1) is 17.6 Å². The second-order valence-corrected chi connectivity index (χ2v) is 6.63. The fraction of sp³-hybridized carbons (Fsp3) is 0.333. The minimum absolute atomic E-state index is 0.114. The van der Waals surface area contributed by atoms with Crippen molar-refractivity contribution in [3.8, 4) is 0 Å². The number of carbonyl (C=O) groups excluding carboxylic acids is 2. The number of ether oxygens (including phenoxy) is 1. The summed E-state index contributed by atoms with van der Waals surface area (Å²) in [7, 11) is 1.81. The largest absolute Gasteiger partial charge is 0.465 e. The number of nitrogens with zero attached hydrogens (tertiary/aromatic N) is 1. The van der Waals surface area contributed by atoms with Crippen molar-refractivity contribution in [2.24, 2.45) is 5.92 Å². The van der Waals surface area contributed by atoms with E-state index in [4.69, 9.17) is 4.74 Å². The predicted molar refractivity (Wildman–Crippen MR) is 95.8 cm³/mol. The topological polar surface area (TPSA) is 46.6 Å². The maximum absolute atomic E-state index is 13.4. The first kappa shape index (κ1) is 19.2. The molecule has 0 N–H and O–H groups in total. The molecule has 3 atom stereocenters. The summed E-state index contributed by atoms with van der Waals surface area (Å²) in [4.78, 5) is 27.3. The van der Waals surface area contributed by atoms with E-state index in [9.17, 15) is 18.4 Å². The molecule has 6 heteroatoms. The zero-order valence-corrected chi connectivity index (χ0v) is 15.2. The smallest absolute Gasteiger partial charge is 0.318 e. The lowest BCUT2D eigenvalue weighted by Crippen LogP contribution is -2.47. The fourth-order valence-corrected chi connectivity index (χ4v) is 3.68. The number of halogens is 2. The summed E-state index contributed by atoms with van der Waals surface area (Å²) >= 11 is 0. The highest BCUT2D eigenvalue weighted by Crippen LogP contribution is 2.42. The Morgan fingerprint density at radius 1 is 1.04 bits per heavy atom. The highest BCUT2D eigenvalue weighted by atomic mass is 19.1. The van der Waals surface area contributed by atoms with Gasteiger partial charge in [-0.1, -0.05) is 24.3 Å². The second kappa shape index (κ2) is 7.96. The molecule has 0 spiro atoms.